The minimum absolute atomic E-state index is 0.131. The molecule has 122 valence electrons. The van der Waals surface area contributed by atoms with E-state index in [1.165, 1.54) is 0 Å². The minimum atomic E-state index is -3.24. The highest BCUT2D eigenvalue weighted by molar-refractivity contribution is 7.92. The normalized spacial score (nSPS) is 17.0. The highest BCUT2D eigenvalue weighted by Gasteiger charge is 2.21. The van der Waals surface area contributed by atoms with E-state index in [0.29, 0.717) is 17.2 Å². The van der Waals surface area contributed by atoms with E-state index in [4.69, 9.17) is 0 Å². The van der Waals surface area contributed by atoms with Gasteiger partial charge >= 0.3 is 0 Å². The Morgan fingerprint density at radius 3 is 2.23 bits per heavy atom. The number of hydrogen-bond donors (Lipinski definition) is 0. The molecule has 4 nitrogen and oxygen atoms in total. The van der Waals surface area contributed by atoms with E-state index in [-0.39, 0.29) is 5.91 Å². The topological polar surface area (TPSA) is 54.5 Å². The van der Waals surface area contributed by atoms with Gasteiger partial charge in [-0.3, -0.25) is 4.79 Å². The van der Waals surface area contributed by atoms with Crippen LogP contribution in [0.25, 0.3) is 0 Å². The summed E-state index contributed by atoms with van der Waals surface area (Å²) in [5, 5.41) is -0.435. The molecule has 0 atom stereocenters. The number of piperidine rings is 1. The molecule has 0 N–H and O–H groups in total. The Labute approximate surface area is 133 Å². The number of sulfone groups is 1. The Morgan fingerprint density at radius 2 is 1.73 bits per heavy atom. The van der Waals surface area contributed by atoms with Gasteiger partial charge in [-0.25, -0.2) is 8.42 Å². The molecule has 1 heterocycles. The third kappa shape index (κ3) is 3.88. The number of amides is 1. The van der Waals surface area contributed by atoms with Gasteiger partial charge in [-0.2, -0.15) is 0 Å². The van der Waals surface area contributed by atoms with Gasteiger partial charge in [0, 0.05) is 13.1 Å². The first-order valence-electron chi connectivity index (χ1n) is 7.91. The molecule has 1 saturated heterocycles. The van der Waals surface area contributed by atoms with Gasteiger partial charge < -0.3 is 4.90 Å². The van der Waals surface area contributed by atoms with Crippen LogP contribution in [0.3, 0.4) is 0 Å². The molecule has 1 aliphatic heterocycles. The van der Waals surface area contributed by atoms with Gasteiger partial charge in [-0.1, -0.05) is 19.1 Å². The van der Waals surface area contributed by atoms with Crippen molar-refractivity contribution in [2.45, 2.75) is 50.2 Å². The molecule has 0 saturated carbocycles. The average Bonchev–Trinajstić information content (AvgIpc) is 2.48. The number of carbonyl (C=O) groups is 1. The Balaban J connectivity index is 2.01. The average molecular weight is 323 g/mol. The quantitative estimate of drug-likeness (QED) is 0.856. The number of nitrogens with zero attached hydrogens (tertiary/aromatic N) is 1. The molecular weight excluding hydrogens is 298 g/mol. The molecule has 1 aliphatic rings. The van der Waals surface area contributed by atoms with E-state index in [9.17, 15) is 13.2 Å². The van der Waals surface area contributed by atoms with Crippen molar-refractivity contribution in [1.29, 1.82) is 0 Å². The Bertz CT molecular complexity index is 612. The van der Waals surface area contributed by atoms with Gasteiger partial charge in [0.15, 0.2) is 9.84 Å². The minimum Gasteiger partial charge on any atom is -0.342 e. The Hall–Kier alpha value is -1.36. The molecule has 0 radical (unpaired) electrons. The van der Waals surface area contributed by atoms with Crippen molar-refractivity contribution in [2.24, 2.45) is 5.92 Å². The third-order valence-corrected chi connectivity index (χ3v) is 6.53. The van der Waals surface area contributed by atoms with Crippen molar-refractivity contribution in [1.82, 2.24) is 4.90 Å². The van der Waals surface area contributed by atoms with Crippen LogP contribution in [-0.2, 0) is 21.1 Å². The molecule has 0 spiro atoms. The summed E-state index contributed by atoms with van der Waals surface area (Å²) in [5.41, 5.74) is 0.867. The van der Waals surface area contributed by atoms with Crippen LogP contribution >= 0.6 is 0 Å². The van der Waals surface area contributed by atoms with Gasteiger partial charge in [-0.15, -0.1) is 0 Å². The van der Waals surface area contributed by atoms with Gasteiger partial charge in [0.05, 0.1) is 16.6 Å². The van der Waals surface area contributed by atoms with Crippen LogP contribution in [0, 0.1) is 5.92 Å². The summed E-state index contributed by atoms with van der Waals surface area (Å²) in [7, 11) is -3.24. The van der Waals surface area contributed by atoms with Crippen molar-refractivity contribution in [3.05, 3.63) is 29.8 Å². The van der Waals surface area contributed by atoms with Gasteiger partial charge in [-0.05, 0) is 50.3 Å². The van der Waals surface area contributed by atoms with Crippen LogP contribution in [0.5, 0.6) is 0 Å². The van der Waals surface area contributed by atoms with Crippen molar-refractivity contribution in [3.8, 4) is 0 Å². The largest absolute Gasteiger partial charge is 0.342 e. The second-order valence-electron chi connectivity index (χ2n) is 6.48. The van der Waals surface area contributed by atoms with E-state index in [0.717, 1.165) is 31.5 Å². The molecule has 1 amide bonds. The van der Waals surface area contributed by atoms with Gasteiger partial charge in [0.25, 0.3) is 0 Å². The molecule has 2 rings (SSSR count). The van der Waals surface area contributed by atoms with Crippen molar-refractivity contribution in [3.63, 3.8) is 0 Å². The number of likely N-dealkylation sites (tertiary alicyclic amines) is 1. The van der Waals surface area contributed by atoms with E-state index >= 15 is 0 Å². The maximum absolute atomic E-state index is 12.3. The van der Waals surface area contributed by atoms with Crippen molar-refractivity contribution < 1.29 is 13.2 Å². The van der Waals surface area contributed by atoms with Crippen molar-refractivity contribution in [2.75, 3.05) is 13.1 Å². The molecule has 0 bridgehead atoms. The fourth-order valence-electron chi connectivity index (χ4n) is 2.61. The second kappa shape index (κ2) is 6.82. The van der Waals surface area contributed by atoms with E-state index in [1.807, 2.05) is 4.90 Å². The number of rotatable bonds is 4. The lowest BCUT2D eigenvalue weighted by molar-refractivity contribution is -0.131. The highest BCUT2D eigenvalue weighted by Crippen LogP contribution is 2.19. The number of carbonyl (C=O) groups excluding carboxylic acids is 1. The highest BCUT2D eigenvalue weighted by atomic mass is 32.2. The lowest BCUT2D eigenvalue weighted by atomic mass is 9.98. The van der Waals surface area contributed by atoms with E-state index in [2.05, 4.69) is 6.92 Å². The van der Waals surface area contributed by atoms with E-state index in [1.54, 1.807) is 38.1 Å². The molecule has 0 aliphatic carbocycles. The SMILES string of the molecule is CC1CCN(C(=O)Cc2ccc(S(=O)(=O)C(C)C)cc2)CC1. The molecular formula is C17H25NO3S. The Morgan fingerprint density at radius 1 is 1.18 bits per heavy atom. The second-order valence-corrected chi connectivity index (χ2v) is 8.98. The van der Waals surface area contributed by atoms with Crippen LogP contribution < -0.4 is 0 Å². The lowest BCUT2D eigenvalue weighted by Crippen LogP contribution is -2.38. The van der Waals surface area contributed by atoms with Crippen molar-refractivity contribution >= 4 is 15.7 Å². The third-order valence-electron chi connectivity index (χ3n) is 4.36. The summed E-state index contributed by atoms with van der Waals surface area (Å²) < 4.78 is 24.1. The zero-order chi connectivity index (χ0) is 16.3. The molecule has 1 aromatic carbocycles. The zero-order valence-electron chi connectivity index (χ0n) is 13.6. The molecule has 1 fully saturated rings. The lowest BCUT2D eigenvalue weighted by Gasteiger charge is -2.30. The predicted molar refractivity (Wildman–Crippen MR) is 87.4 cm³/mol. The van der Waals surface area contributed by atoms with Gasteiger partial charge in [0.2, 0.25) is 5.91 Å². The summed E-state index contributed by atoms with van der Waals surface area (Å²) in [5.74, 6) is 0.830. The summed E-state index contributed by atoms with van der Waals surface area (Å²) >= 11 is 0. The predicted octanol–water partition coefficient (Wildman–Crippen LogP) is 2.67. The van der Waals surface area contributed by atoms with Crippen LogP contribution in [0.2, 0.25) is 0 Å². The standard InChI is InChI=1S/C17H25NO3S/c1-13(2)22(20,21)16-6-4-15(5-7-16)12-17(19)18-10-8-14(3)9-11-18/h4-7,13-14H,8-12H2,1-3H3. The summed E-state index contributed by atoms with van der Waals surface area (Å²) in [4.78, 5) is 14.5. The molecule has 1 aromatic rings. The smallest absolute Gasteiger partial charge is 0.226 e. The van der Waals surface area contributed by atoms with Crippen LogP contribution in [0.1, 0.15) is 39.2 Å². The monoisotopic (exact) mass is 323 g/mol. The maximum Gasteiger partial charge on any atom is 0.226 e. The number of benzene rings is 1. The fraction of sp³-hybridized carbons (Fsp3) is 0.588. The van der Waals surface area contributed by atoms with Crippen LogP contribution in [0.4, 0.5) is 0 Å². The summed E-state index contributed by atoms with van der Waals surface area (Å²) in [6.07, 6.45) is 2.48. The summed E-state index contributed by atoms with van der Waals surface area (Å²) in [6, 6.07) is 6.71. The number of hydrogen-bond acceptors (Lipinski definition) is 3. The first-order chi connectivity index (χ1) is 10.3. The molecule has 0 aromatic heterocycles. The van der Waals surface area contributed by atoms with E-state index < -0.39 is 15.1 Å². The first-order valence-corrected chi connectivity index (χ1v) is 9.46. The van der Waals surface area contributed by atoms with Gasteiger partial charge in [0.1, 0.15) is 0 Å². The molecule has 5 heteroatoms. The fourth-order valence-corrected chi connectivity index (χ4v) is 3.67. The molecule has 0 unspecified atom stereocenters. The van der Waals surface area contributed by atoms with Crippen LogP contribution in [0.15, 0.2) is 29.2 Å². The first kappa shape index (κ1) is 17.0. The molecule has 22 heavy (non-hydrogen) atoms. The van der Waals surface area contributed by atoms with Crippen LogP contribution in [-0.4, -0.2) is 37.6 Å². The zero-order valence-corrected chi connectivity index (χ0v) is 14.4. The summed E-state index contributed by atoms with van der Waals surface area (Å²) in [6.45, 7) is 7.23. The Kier molecular flexibility index (Phi) is 5.27. The maximum atomic E-state index is 12.3.